The van der Waals surface area contributed by atoms with Crippen LogP contribution in [0.3, 0.4) is 0 Å². The molecule has 4 heteroatoms. The van der Waals surface area contributed by atoms with E-state index in [9.17, 15) is 4.39 Å². The number of hydrazine groups is 1. The summed E-state index contributed by atoms with van der Waals surface area (Å²) in [7, 11) is 0. The molecule has 0 saturated heterocycles. The normalized spacial score (nSPS) is 17.8. The Balaban J connectivity index is 2.01. The summed E-state index contributed by atoms with van der Waals surface area (Å²) in [5.41, 5.74) is 2.08. The summed E-state index contributed by atoms with van der Waals surface area (Å²) in [5, 5.41) is 4.32. The molecule has 3 nitrogen and oxygen atoms in total. The van der Waals surface area contributed by atoms with Gasteiger partial charge in [0, 0.05) is 6.54 Å². The standard InChI is InChI=1S/C18H20FN3/c1-3-13-21-14(2)20-18(15-7-5-4-6-8-15)22(21)17-11-9-16(19)10-12-17/h4-12,18H,3,13H2,1-2H3. The highest BCUT2D eigenvalue weighted by Crippen LogP contribution is 2.35. The summed E-state index contributed by atoms with van der Waals surface area (Å²) in [6, 6.07) is 16.8. The molecule has 0 bridgehead atoms. The average Bonchev–Trinajstić information content (AvgIpc) is 2.87. The van der Waals surface area contributed by atoms with Gasteiger partial charge in [-0.25, -0.2) is 9.38 Å². The van der Waals surface area contributed by atoms with E-state index >= 15 is 0 Å². The van der Waals surface area contributed by atoms with E-state index in [-0.39, 0.29) is 12.0 Å². The van der Waals surface area contributed by atoms with Crippen LogP contribution in [0.25, 0.3) is 0 Å². The van der Waals surface area contributed by atoms with Crippen molar-refractivity contribution < 1.29 is 4.39 Å². The molecule has 0 fully saturated rings. The molecule has 1 unspecified atom stereocenters. The number of halogens is 1. The maximum absolute atomic E-state index is 13.3. The second kappa shape index (κ2) is 6.18. The van der Waals surface area contributed by atoms with E-state index in [4.69, 9.17) is 4.99 Å². The van der Waals surface area contributed by atoms with Crippen molar-refractivity contribution in [3.63, 3.8) is 0 Å². The van der Waals surface area contributed by atoms with Gasteiger partial charge in [-0.3, -0.25) is 10.0 Å². The quantitative estimate of drug-likeness (QED) is 0.833. The zero-order chi connectivity index (χ0) is 15.5. The Bertz CT molecular complexity index is 652. The molecule has 0 aliphatic carbocycles. The summed E-state index contributed by atoms with van der Waals surface area (Å²) in [6.07, 6.45) is 0.921. The van der Waals surface area contributed by atoms with Gasteiger partial charge in [-0.05, 0) is 43.2 Å². The summed E-state index contributed by atoms with van der Waals surface area (Å²) in [6.45, 7) is 5.05. The molecular formula is C18H20FN3. The van der Waals surface area contributed by atoms with Gasteiger partial charge in [0.2, 0.25) is 0 Å². The Morgan fingerprint density at radius 3 is 2.36 bits per heavy atom. The van der Waals surface area contributed by atoms with E-state index in [2.05, 4.69) is 29.1 Å². The van der Waals surface area contributed by atoms with Crippen LogP contribution in [-0.4, -0.2) is 17.4 Å². The first-order valence-electron chi connectivity index (χ1n) is 7.62. The molecule has 2 aromatic rings. The molecule has 0 amide bonds. The van der Waals surface area contributed by atoms with Crippen LogP contribution < -0.4 is 5.01 Å². The van der Waals surface area contributed by atoms with Gasteiger partial charge >= 0.3 is 0 Å². The topological polar surface area (TPSA) is 18.8 Å². The summed E-state index contributed by atoms with van der Waals surface area (Å²) < 4.78 is 13.3. The van der Waals surface area contributed by atoms with Crippen LogP contribution in [0.15, 0.2) is 59.6 Å². The van der Waals surface area contributed by atoms with E-state index < -0.39 is 0 Å². The second-order valence-electron chi connectivity index (χ2n) is 5.40. The second-order valence-corrected chi connectivity index (χ2v) is 5.40. The van der Waals surface area contributed by atoms with Crippen molar-refractivity contribution in [3.8, 4) is 0 Å². The van der Waals surface area contributed by atoms with Crippen LogP contribution in [0.5, 0.6) is 0 Å². The largest absolute Gasteiger partial charge is 0.270 e. The van der Waals surface area contributed by atoms with Gasteiger partial charge in [0.25, 0.3) is 0 Å². The van der Waals surface area contributed by atoms with Crippen molar-refractivity contribution in [1.29, 1.82) is 0 Å². The summed E-state index contributed by atoms with van der Waals surface area (Å²) in [5.74, 6) is 0.763. The van der Waals surface area contributed by atoms with Crippen molar-refractivity contribution in [3.05, 3.63) is 66.0 Å². The monoisotopic (exact) mass is 297 g/mol. The molecule has 0 radical (unpaired) electrons. The highest BCUT2D eigenvalue weighted by molar-refractivity contribution is 5.84. The number of amidine groups is 1. The van der Waals surface area contributed by atoms with E-state index in [1.54, 1.807) is 0 Å². The van der Waals surface area contributed by atoms with Gasteiger partial charge in [0.05, 0.1) is 5.69 Å². The van der Waals surface area contributed by atoms with E-state index in [1.807, 2.05) is 37.3 Å². The van der Waals surface area contributed by atoms with Gasteiger partial charge in [-0.2, -0.15) is 0 Å². The Morgan fingerprint density at radius 1 is 1.05 bits per heavy atom. The molecule has 22 heavy (non-hydrogen) atoms. The van der Waals surface area contributed by atoms with Crippen molar-refractivity contribution in [2.24, 2.45) is 4.99 Å². The maximum atomic E-state index is 13.3. The number of hydrogen-bond donors (Lipinski definition) is 0. The summed E-state index contributed by atoms with van der Waals surface area (Å²) in [4.78, 5) is 4.81. The van der Waals surface area contributed by atoms with Gasteiger partial charge < -0.3 is 0 Å². The lowest BCUT2D eigenvalue weighted by Gasteiger charge is -2.35. The number of anilines is 1. The molecule has 0 N–H and O–H groups in total. The number of aliphatic imine (C=N–C) groups is 1. The third-order valence-corrected chi connectivity index (χ3v) is 3.80. The van der Waals surface area contributed by atoms with Crippen LogP contribution in [-0.2, 0) is 0 Å². The molecule has 2 aromatic carbocycles. The zero-order valence-electron chi connectivity index (χ0n) is 12.9. The first kappa shape index (κ1) is 14.6. The van der Waals surface area contributed by atoms with E-state index in [1.165, 1.54) is 12.1 Å². The number of benzene rings is 2. The zero-order valence-corrected chi connectivity index (χ0v) is 12.9. The van der Waals surface area contributed by atoms with Crippen molar-refractivity contribution in [1.82, 2.24) is 5.01 Å². The van der Waals surface area contributed by atoms with Crippen molar-refractivity contribution in [2.75, 3.05) is 11.6 Å². The lowest BCUT2D eigenvalue weighted by atomic mass is 10.1. The lowest BCUT2D eigenvalue weighted by Crippen LogP contribution is -2.42. The van der Waals surface area contributed by atoms with Crippen LogP contribution in [0.1, 0.15) is 32.0 Å². The number of hydrogen-bond acceptors (Lipinski definition) is 3. The molecule has 114 valence electrons. The fourth-order valence-corrected chi connectivity index (χ4v) is 2.78. The van der Waals surface area contributed by atoms with Gasteiger partial charge in [0.15, 0.2) is 6.17 Å². The average molecular weight is 297 g/mol. The highest BCUT2D eigenvalue weighted by atomic mass is 19.1. The minimum atomic E-state index is -0.223. The van der Waals surface area contributed by atoms with Gasteiger partial charge in [-0.15, -0.1) is 0 Å². The SMILES string of the molecule is CCCN1C(C)=NC(c2ccccc2)N1c1ccc(F)cc1. The van der Waals surface area contributed by atoms with Gasteiger partial charge in [-0.1, -0.05) is 37.3 Å². The predicted octanol–water partition coefficient (Wildman–Crippen LogP) is 4.39. The van der Waals surface area contributed by atoms with Crippen molar-refractivity contribution >= 4 is 11.5 Å². The highest BCUT2D eigenvalue weighted by Gasteiger charge is 2.32. The third-order valence-electron chi connectivity index (χ3n) is 3.80. The molecule has 0 aromatic heterocycles. The minimum absolute atomic E-state index is 0.0989. The Labute approximate surface area is 130 Å². The Morgan fingerprint density at radius 2 is 1.73 bits per heavy atom. The smallest absolute Gasteiger partial charge is 0.167 e. The Hall–Kier alpha value is -2.36. The molecule has 1 aliphatic heterocycles. The minimum Gasteiger partial charge on any atom is -0.270 e. The molecule has 0 saturated carbocycles. The Kier molecular flexibility index (Phi) is 4.09. The summed E-state index contributed by atoms with van der Waals surface area (Å²) >= 11 is 0. The van der Waals surface area contributed by atoms with Crippen molar-refractivity contribution in [2.45, 2.75) is 26.4 Å². The van der Waals surface area contributed by atoms with Gasteiger partial charge in [0.1, 0.15) is 11.7 Å². The number of rotatable bonds is 4. The maximum Gasteiger partial charge on any atom is 0.167 e. The first-order valence-corrected chi connectivity index (χ1v) is 7.62. The number of nitrogens with zero attached hydrogens (tertiary/aromatic N) is 3. The van der Waals surface area contributed by atoms with Crippen LogP contribution in [0.4, 0.5) is 10.1 Å². The molecule has 0 spiro atoms. The molecule has 1 aliphatic rings. The van der Waals surface area contributed by atoms with Crippen LogP contribution in [0.2, 0.25) is 0 Å². The van der Waals surface area contributed by atoms with E-state index in [0.29, 0.717) is 0 Å². The van der Waals surface area contributed by atoms with Crippen LogP contribution >= 0.6 is 0 Å². The fraction of sp³-hybridized carbons (Fsp3) is 0.278. The molecule has 3 rings (SSSR count). The first-order chi connectivity index (χ1) is 10.7. The molecular weight excluding hydrogens is 277 g/mol. The van der Waals surface area contributed by atoms with Crippen LogP contribution in [0, 0.1) is 5.82 Å². The van der Waals surface area contributed by atoms with E-state index in [0.717, 1.165) is 30.1 Å². The molecule has 1 atom stereocenters. The predicted molar refractivity (Wildman–Crippen MR) is 88.2 cm³/mol. The lowest BCUT2D eigenvalue weighted by molar-refractivity contribution is 0.377. The molecule has 1 heterocycles. The third kappa shape index (κ3) is 2.69. The fourth-order valence-electron chi connectivity index (χ4n) is 2.78.